The average Bonchev–Trinajstić information content (AvgIpc) is 2.56. The summed E-state index contributed by atoms with van der Waals surface area (Å²) in [4.78, 5) is 25.5. The molecule has 0 spiro atoms. The molecule has 2 N–H and O–H groups in total. The van der Waals surface area contributed by atoms with Gasteiger partial charge < -0.3 is 14.8 Å². The fourth-order valence-corrected chi connectivity index (χ4v) is 2.67. The summed E-state index contributed by atoms with van der Waals surface area (Å²) in [6, 6.07) is 7.43. The zero-order valence-corrected chi connectivity index (χ0v) is 15.2. The van der Waals surface area contributed by atoms with Crippen LogP contribution in [-0.2, 0) is 14.3 Å². The highest BCUT2D eigenvalue weighted by molar-refractivity contribution is 9.10. The van der Waals surface area contributed by atoms with Gasteiger partial charge in [0.2, 0.25) is 5.91 Å². The van der Waals surface area contributed by atoms with E-state index in [1.807, 2.05) is 29.2 Å². The van der Waals surface area contributed by atoms with Crippen molar-refractivity contribution in [1.29, 1.82) is 0 Å². The molecule has 0 bridgehead atoms. The summed E-state index contributed by atoms with van der Waals surface area (Å²) in [6.45, 7) is 2.74. The third-order valence-electron chi connectivity index (χ3n) is 3.60. The monoisotopic (exact) mass is 399 g/mol. The van der Waals surface area contributed by atoms with Crippen molar-refractivity contribution in [2.24, 2.45) is 0 Å². The molecule has 3 amide bonds. The number of hydrogen-bond acceptors (Lipinski definition) is 5. The molecule has 0 saturated carbocycles. The van der Waals surface area contributed by atoms with Crippen LogP contribution >= 0.6 is 15.9 Å². The topological polar surface area (TPSA) is 79.9 Å². The maximum Gasteiger partial charge on any atom is 0.321 e. The number of morpholine rings is 1. The van der Waals surface area contributed by atoms with Crippen LogP contribution in [0.1, 0.15) is 11.7 Å². The minimum atomic E-state index is -0.505. The van der Waals surface area contributed by atoms with E-state index in [2.05, 4.69) is 26.6 Å². The zero-order valence-electron chi connectivity index (χ0n) is 13.6. The van der Waals surface area contributed by atoms with Gasteiger partial charge in [-0.3, -0.25) is 15.0 Å². The SMILES string of the molecule is COCCNC(=O)NC(=O)CN1CCOC(c2ccc(Br)cc2)C1. The molecule has 8 heteroatoms. The Morgan fingerprint density at radius 3 is 2.83 bits per heavy atom. The Morgan fingerprint density at radius 2 is 2.12 bits per heavy atom. The van der Waals surface area contributed by atoms with E-state index < -0.39 is 6.03 Å². The summed E-state index contributed by atoms with van der Waals surface area (Å²) in [5.74, 6) is -0.332. The molecule has 0 aromatic heterocycles. The highest BCUT2D eigenvalue weighted by Gasteiger charge is 2.23. The summed E-state index contributed by atoms with van der Waals surface area (Å²) in [5.41, 5.74) is 1.07. The van der Waals surface area contributed by atoms with E-state index in [1.165, 1.54) is 0 Å². The second-order valence-electron chi connectivity index (χ2n) is 5.44. The van der Waals surface area contributed by atoms with Crippen molar-refractivity contribution in [1.82, 2.24) is 15.5 Å². The van der Waals surface area contributed by atoms with E-state index in [-0.39, 0.29) is 18.6 Å². The number of benzene rings is 1. The highest BCUT2D eigenvalue weighted by Crippen LogP contribution is 2.23. The largest absolute Gasteiger partial charge is 0.383 e. The van der Waals surface area contributed by atoms with Gasteiger partial charge in [-0.15, -0.1) is 0 Å². The fraction of sp³-hybridized carbons (Fsp3) is 0.500. The van der Waals surface area contributed by atoms with Gasteiger partial charge in [0.25, 0.3) is 0 Å². The number of amides is 3. The van der Waals surface area contributed by atoms with Crippen molar-refractivity contribution < 1.29 is 19.1 Å². The standard InChI is InChI=1S/C16H22BrN3O4/c1-23-8-6-18-16(22)19-15(21)11-20-7-9-24-14(10-20)12-2-4-13(17)5-3-12/h2-5,14H,6-11H2,1H3,(H2,18,19,21,22). The van der Waals surface area contributed by atoms with Gasteiger partial charge in [-0.05, 0) is 17.7 Å². The van der Waals surface area contributed by atoms with Crippen molar-refractivity contribution in [3.8, 4) is 0 Å². The first-order valence-electron chi connectivity index (χ1n) is 7.74. The minimum absolute atomic E-state index is 0.0739. The maximum absolute atomic E-state index is 12.0. The molecule has 1 aliphatic rings. The number of halogens is 1. The van der Waals surface area contributed by atoms with Crippen LogP contribution in [-0.4, -0.2) is 63.3 Å². The summed E-state index contributed by atoms with van der Waals surface area (Å²) in [7, 11) is 1.55. The van der Waals surface area contributed by atoms with Gasteiger partial charge in [-0.1, -0.05) is 28.1 Å². The van der Waals surface area contributed by atoms with Gasteiger partial charge in [0.1, 0.15) is 0 Å². The number of hydrogen-bond donors (Lipinski definition) is 2. The molecule has 7 nitrogen and oxygen atoms in total. The van der Waals surface area contributed by atoms with E-state index in [9.17, 15) is 9.59 Å². The molecule has 2 rings (SSSR count). The lowest BCUT2D eigenvalue weighted by Crippen LogP contribution is -2.48. The first-order chi connectivity index (χ1) is 11.6. The van der Waals surface area contributed by atoms with Crippen molar-refractivity contribution in [2.45, 2.75) is 6.10 Å². The number of ether oxygens (including phenoxy) is 2. The van der Waals surface area contributed by atoms with Crippen LogP contribution in [0.3, 0.4) is 0 Å². The Hall–Kier alpha value is -1.48. The van der Waals surface area contributed by atoms with E-state index in [1.54, 1.807) is 7.11 Å². The van der Waals surface area contributed by atoms with Gasteiger partial charge in [0.05, 0.1) is 25.9 Å². The van der Waals surface area contributed by atoms with Crippen LogP contribution in [0.25, 0.3) is 0 Å². The number of carbonyl (C=O) groups is 2. The smallest absolute Gasteiger partial charge is 0.321 e. The molecular weight excluding hydrogens is 378 g/mol. The normalized spacial score (nSPS) is 18.2. The lowest BCUT2D eigenvalue weighted by atomic mass is 10.1. The van der Waals surface area contributed by atoms with Crippen molar-refractivity contribution >= 4 is 27.9 Å². The third kappa shape index (κ3) is 6.20. The highest BCUT2D eigenvalue weighted by atomic mass is 79.9. The molecule has 1 atom stereocenters. The van der Waals surface area contributed by atoms with Crippen molar-refractivity contribution in [3.63, 3.8) is 0 Å². The second-order valence-corrected chi connectivity index (χ2v) is 6.36. The fourth-order valence-electron chi connectivity index (χ4n) is 2.41. The van der Waals surface area contributed by atoms with Crippen LogP contribution in [0.5, 0.6) is 0 Å². The van der Waals surface area contributed by atoms with Gasteiger partial charge in [-0.25, -0.2) is 4.79 Å². The molecule has 1 heterocycles. The Kier molecular flexibility index (Phi) is 7.64. The molecule has 132 valence electrons. The number of methoxy groups -OCH3 is 1. The summed E-state index contributed by atoms with van der Waals surface area (Å²) in [5, 5.41) is 4.86. The maximum atomic E-state index is 12.0. The summed E-state index contributed by atoms with van der Waals surface area (Å²) < 4.78 is 11.6. The third-order valence-corrected chi connectivity index (χ3v) is 4.13. The minimum Gasteiger partial charge on any atom is -0.383 e. The number of rotatable bonds is 6. The summed E-state index contributed by atoms with van der Waals surface area (Å²) in [6.07, 6.45) is -0.0739. The first-order valence-corrected chi connectivity index (χ1v) is 8.54. The Bertz CT molecular complexity index is 553. The molecule has 1 aliphatic heterocycles. The second kappa shape index (κ2) is 9.73. The van der Waals surface area contributed by atoms with E-state index in [0.717, 1.165) is 10.0 Å². The Labute approximate surface area is 149 Å². The van der Waals surface area contributed by atoms with Gasteiger partial charge in [0.15, 0.2) is 0 Å². The molecular formula is C16H22BrN3O4. The Balaban J connectivity index is 1.78. The van der Waals surface area contributed by atoms with Gasteiger partial charge >= 0.3 is 6.03 Å². The first kappa shape index (κ1) is 18.9. The lowest BCUT2D eigenvalue weighted by Gasteiger charge is -2.32. The molecule has 0 aliphatic carbocycles. The van der Waals surface area contributed by atoms with E-state index >= 15 is 0 Å². The Morgan fingerprint density at radius 1 is 1.38 bits per heavy atom. The summed E-state index contributed by atoms with van der Waals surface area (Å²) >= 11 is 3.41. The molecule has 1 saturated heterocycles. The zero-order chi connectivity index (χ0) is 17.4. The number of urea groups is 1. The number of carbonyl (C=O) groups excluding carboxylic acids is 2. The average molecular weight is 400 g/mol. The number of nitrogens with zero attached hydrogens (tertiary/aromatic N) is 1. The van der Waals surface area contributed by atoms with Crippen LogP contribution in [0.4, 0.5) is 4.79 Å². The molecule has 1 aromatic rings. The predicted molar refractivity (Wildman–Crippen MR) is 92.7 cm³/mol. The van der Waals surface area contributed by atoms with Crippen molar-refractivity contribution in [2.75, 3.05) is 46.5 Å². The van der Waals surface area contributed by atoms with Crippen LogP contribution in [0.2, 0.25) is 0 Å². The molecule has 24 heavy (non-hydrogen) atoms. The molecule has 1 unspecified atom stereocenters. The van der Waals surface area contributed by atoms with E-state index in [4.69, 9.17) is 9.47 Å². The number of imide groups is 1. The van der Waals surface area contributed by atoms with Crippen LogP contribution in [0.15, 0.2) is 28.7 Å². The van der Waals surface area contributed by atoms with Crippen molar-refractivity contribution in [3.05, 3.63) is 34.3 Å². The lowest BCUT2D eigenvalue weighted by molar-refractivity contribution is -0.123. The van der Waals surface area contributed by atoms with Crippen LogP contribution in [0, 0.1) is 0 Å². The molecule has 1 fully saturated rings. The van der Waals surface area contributed by atoms with Gasteiger partial charge in [-0.2, -0.15) is 0 Å². The van der Waals surface area contributed by atoms with E-state index in [0.29, 0.717) is 32.8 Å². The van der Waals surface area contributed by atoms with Crippen LogP contribution < -0.4 is 10.6 Å². The quantitative estimate of drug-likeness (QED) is 0.704. The molecule has 0 radical (unpaired) electrons. The van der Waals surface area contributed by atoms with Gasteiger partial charge in [0, 0.05) is 31.2 Å². The predicted octanol–water partition coefficient (Wildman–Crippen LogP) is 1.29. The molecule has 1 aromatic carbocycles. The number of nitrogens with one attached hydrogen (secondary N) is 2.